The third-order valence-corrected chi connectivity index (χ3v) is 8.73. The Bertz CT molecular complexity index is 1220. The van der Waals surface area contributed by atoms with Crippen LogP contribution < -0.4 is 0 Å². The lowest BCUT2D eigenvalue weighted by atomic mass is 9.95. The van der Waals surface area contributed by atoms with Gasteiger partial charge in [0, 0.05) is 28.1 Å². The average molecular weight is 445 g/mol. The zero-order valence-electron chi connectivity index (χ0n) is 17.3. The van der Waals surface area contributed by atoms with Gasteiger partial charge in [0.05, 0.1) is 18.2 Å². The number of hydrogen-bond donors (Lipinski definition) is 0. The van der Waals surface area contributed by atoms with Gasteiger partial charge in [0.15, 0.2) is 0 Å². The number of carbonyl (C=O) groups excluding carboxylic acids is 1. The van der Waals surface area contributed by atoms with E-state index in [9.17, 15) is 4.79 Å². The number of fused-ring (bicyclic) bond motifs is 5. The first-order valence-electron chi connectivity index (χ1n) is 11.0. The molecule has 5 heteroatoms. The Labute approximate surface area is 190 Å². The van der Waals surface area contributed by atoms with Gasteiger partial charge in [-0.05, 0) is 60.4 Å². The van der Waals surface area contributed by atoms with E-state index in [1.807, 2.05) is 23.5 Å². The van der Waals surface area contributed by atoms with E-state index < -0.39 is 0 Å². The molecule has 1 aliphatic heterocycles. The van der Waals surface area contributed by atoms with Crippen LogP contribution in [0.5, 0.6) is 0 Å². The molecule has 3 nitrogen and oxygen atoms in total. The molecule has 1 aromatic carbocycles. The van der Waals surface area contributed by atoms with Gasteiger partial charge in [0.1, 0.15) is 5.00 Å². The van der Waals surface area contributed by atoms with Crippen molar-refractivity contribution in [1.82, 2.24) is 9.47 Å². The van der Waals surface area contributed by atoms with E-state index in [0.29, 0.717) is 13.0 Å². The van der Waals surface area contributed by atoms with Crippen molar-refractivity contribution >= 4 is 28.6 Å². The third kappa shape index (κ3) is 3.27. The van der Waals surface area contributed by atoms with E-state index >= 15 is 0 Å². The van der Waals surface area contributed by atoms with E-state index in [-0.39, 0.29) is 11.9 Å². The van der Waals surface area contributed by atoms with E-state index in [4.69, 9.17) is 0 Å². The van der Waals surface area contributed by atoms with Crippen LogP contribution in [-0.2, 0) is 30.6 Å². The summed E-state index contributed by atoms with van der Waals surface area (Å²) in [5.74, 6) is 0.202. The summed E-state index contributed by atoms with van der Waals surface area (Å²) in [6.07, 6.45) is 7.48. The Morgan fingerprint density at radius 3 is 2.68 bits per heavy atom. The van der Waals surface area contributed by atoms with Gasteiger partial charge in [-0.25, -0.2) is 0 Å². The van der Waals surface area contributed by atoms with Crippen molar-refractivity contribution in [2.45, 2.75) is 44.7 Å². The van der Waals surface area contributed by atoms with Crippen LogP contribution in [0.3, 0.4) is 0 Å². The molecular formula is C26H24N2OS2. The Balaban J connectivity index is 1.52. The van der Waals surface area contributed by atoms with Crippen LogP contribution in [-0.4, -0.2) is 15.4 Å². The standard InChI is InChI=1S/C26H24N2OS2/c29-24(16-19-10-7-15-30-19)28-17-21-20-11-4-5-13-23(20)31-26(21)27-14-6-12-22(27)25(28)18-8-2-1-3-9-18/h1-3,6-10,12,14-15,25H,4-5,11,13,16-17H2. The van der Waals surface area contributed by atoms with Crippen LogP contribution in [0.15, 0.2) is 66.2 Å². The maximum atomic E-state index is 13.8. The second-order valence-corrected chi connectivity index (χ2v) is 10.5. The Kier molecular flexibility index (Phi) is 4.81. The molecule has 3 aromatic heterocycles. The summed E-state index contributed by atoms with van der Waals surface area (Å²) in [5.41, 5.74) is 5.23. The summed E-state index contributed by atoms with van der Waals surface area (Å²) in [4.78, 5) is 18.5. The lowest BCUT2D eigenvalue weighted by Gasteiger charge is -2.31. The maximum Gasteiger partial charge on any atom is 0.228 e. The molecule has 1 aliphatic carbocycles. The maximum absolute atomic E-state index is 13.8. The van der Waals surface area contributed by atoms with Crippen LogP contribution >= 0.6 is 22.7 Å². The third-order valence-electron chi connectivity index (χ3n) is 6.52. The molecule has 0 bridgehead atoms. The molecule has 0 spiro atoms. The molecule has 1 unspecified atom stereocenters. The van der Waals surface area contributed by atoms with Gasteiger partial charge >= 0.3 is 0 Å². The largest absolute Gasteiger partial charge is 0.325 e. The fourth-order valence-corrected chi connectivity index (χ4v) is 7.18. The van der Waals surface area contributed by atoms with Crippen molar-refractivity contribution in [3.8, 4) is 5.00 Å². The number of aryl methyl sites for hydroxylation is 1. The molecule has 0 saturated heterocycles. The Hall–Kier alpha value is -2.63. The molecule has 0 radical (unpaired) electrons. The SMILES string of the molecule is O=C(Cc1cccs1)N1Cc2c(sc3c2CCCC3)-n2cccc2C1c1ccccc1. The normalized spacial score (nSPS) is 17.5. The number of carbonyl (C=O) groups is 1. The fraction of sp³-hybridized carbons (Fsp3) is 0.269. The van der Waals surface area contributed by atoms with Crippen molar-refractivity contribution in [2.24, 2.45) is 0 Å². The number of thiophene rings is 2. The molecule has 156 valence electrons. The summed E-state index contributed by atoms with van der Waals surface area (Å²) < 4.78 is 2.36. The molecule has 0 fully saturated rings. The van der Waals surface area contributed by atoms with Gasteiger partial charge in [0.25, 0.3) is 0 Å². The Morgan fingerprint density at radius 2 is 1.84 bits per heavy atom. The summed E-state index contributed by atoms with van der Waals surface area (Å²) in [6, 6.07) is 18.8. The molecule has 1 atom stereocenters. The van der Waals surface area contributed by atoms with Crippen LogP contribution in [0.4, 0.5) is 0 Å². The molecule has 31 heavy (non-hydrogen) atoms. The van der Waals surface area contributed by atoms with Crippen LogP contribution in [0.25, 0.3) is 5.00 Å². The second kappa shape index (κ2) is 7.81. The molecule has 1 amide bonds. The number of amides is 1. The van der Waals surface area contributed by atoms with E-state index in [1.165, 1.54) is 51.5 Å². The molecule has 0 N–H and O–H groups in total. The van der Waals surface area contributed by atoms with Crippen LogP contribution in [0.2, 0.25) is 0 Å². The predicted molar refractivity (Wildman–Crippen MR) is 127 cm³/mol. The van der Waals surface area contributed by atoms with E-state index in [2.05, 4.69) is 63.5 Å². The summed E-state index contributed by atoms with van der Waals surface area (Å²) in [7, 11) is 0. The van der Waals surface area contributed by atoms with E-state index in [1.54, 1.807) is 11.3 Å². The minimum absolute atomic E-state index is 0.0810. The molecule has 6 rings (SSSR count). The first kappa shape index (κ1) is 19.1. The minimum atomic E-state index is -0.0810. The highest BCUT2D eigenvalue weighted by molar-refractivity contribution is 7.15. The zero-order chi connectivity index (χ0) is 20.8. The van der Waals surface area contributed by atoms with Crippen LogP contribution in [0, 0.1) is 0 Å². The molecule has 2 aliphatic rings. The fourth-order valence-electron chi connectivity index (χ4n) is 5.08. The molecule has 4 aromatic rings. The van der Waals surface area contributed by atoms with Gasteiger partial charge in [-0.15, -0.1) is 22.7 Å². The molecular weight excluding hydrogens is 420 g/mol. The average Bonchev–Trinajstić information content (AvgIpc) is 3.53. The first-order valence-corrected chi connectivity index (χ1v) is 12.7. The lowest BCUT2D eigenvalue weighted by molar-refractivity contribution is -0.132. The van der Waals surface area contributed by atoms with Gasteiger partial charge in [-0.2, -0.15) is 0 Å². The number of aromatic nitrogens is 1. The molecule has 0 saturated carbocycles. The van der Waals surface area contributed by atoms with Gasteiger partial charge in [0.2, 0.25) is 5.91 Å². The second-order valence-electron chi connectivity index (χ2n) is 8.39. The minimum Gasteiger partial charge on any atom is -0.325 e. The number of rotatable bonds is 3. The van der Waals surface area contributed by atoms with Crippen molar-refractivity contribution in [2.75, 3.05) is 0 Å². The lowest BCUT2D eigenvalue weighted by Crippen LogP contribution is -2.36. The first-order chi connectivity index (χ1) is 15.3. The highest BCUT2D eigenvalue weighted by Crippen LogP contribution is 2.44. The monoisotopic (exact) mass is 444 g/mol. The van der Waals surface area contributed by atoms with E-state index in [0.717, 1.165) is 11.3 Å². The predicted octanol–water partition coefficient (Wildman–Crippen LogP) is 6.15. The molecule has 4 heterocycles. The smallest absolute Gasteiger partial charge is 0.228 e. The summed E-state index contributed by atoms with van der Waals surface area (Å²) in [5, 5.41) is 3.37. The Morgan fingerprint density at radius 1 is 0.968 bits per heavy atom. The van der Waals surface area contributed by atoms with Crippen LogP contribution in [0.1, 0.15) is 51.0 Å². The van der Waals surface area contributed by atoms with Crippen molar-refractivity contribution in [1.29, 1.82) is 0 Å². The van der Waals surface area contributed by atoms with Gasteiger partial charge in [-0.3, -0.25) is 4.79 Å². The number of benzene rings is 1. The highest BCUT2D eigenvalue weighted by atomic mass is 32.1. The zero-order valence-corrected chi connectivity index (χ0v) is 18.9. The highest BCUT2D eigenvalue weighted by Gasteiger charge is 2.35. The van der Waals surface area contributed by atoms with Crippen molar-refractivity contribution < 1.29 is 4.79 Å². The summed E-state index contributed by atoms with van der Waals surface area (Å²) in [6.45, 7) is 0.687. The quantitative estimate of drug-likeness (QED) is 0.372. The topological polar surface area (TPSA) is 25.2 Å². The van der Waals surface area contributed by atoms with Gasteiger partial charge in [-0.1, -0.05) is 36.4 Å². The number of hydrogen-bond acceptors (Lipinski definition) is 3. The summed E-state index contributed by atoms with van der Waals surface area (Å²) >= 11 is 3.61. The van der Waals surface area contributed by atoms with Gasteiger partial charge < -0.3 is 9.47 Å². The number of nitrogens with zero attached hydrogens (tertiary/aromatic N) is 2. The van der Waals surface area contributed by atoms with Crippen molar-refractivity contribution in [3.63, 3.8) is 0 Å². The van der Waals surface area contributed by atoms with Crippen molar-refractivity contribution in [3.05, 3.63) is 98.3 Å².